The summed E-state index contributed by atoms with van der Waals surface area (Å²) in [5.74, 6) is 0. The normalized spacial score (nSPS) is 15.1. The Morgan fingerprint density at radius 2 is 1.88 bits per heavy atom. The van der Waals surface area contributed by atoms with Gasteiger partial charge in [-0.3, -0.25) is 4.98 Å². The lowest BCUT2D eigenvalue weighted by molar-refractivity contribution is 0.103. The van der Waals surface area contributed by atoms with E-state index < -0.39 is 0 Å². The van der Waals surface area contributed by atoms with Crippen LogP contribution in [0.1, 0.15) is 18.4 Å². The summed E-state index contributed by atoms with van der Waals surface area (Å²) < 4.78 is 5.74. The summed E-state index contributed by atoms with van der Waals surface area (Å²) >= 11 is 0. The molecule has 0 atom stereocenters. The minimum Gasteiger partial charge on any atom is -0.460 e. The second kappa shape index (κ2) is 8.24. The van der Waals surface area contributed by atoms with Gasteiger partial charge in [0, 0.05) is 57.3 Å². The first-order valence-electron chi connectivity index (χ1n) is 8.16. The first-order valence-corrected chi connectivity index (χ1v) is 8.16. The largest absolute Gasteiger partial charge is 0.460 e. The molecule has 2 aromatic rings. The van der Waals surface area contributed by atoms with Crippen LogP contribution < -0.4 is 10.1 Å². The molecule has 3 heterocycles. The van der Waals surface area contributed by atoms with E-state index >= 15 is 0 Å². The number of ether oxygens (including phenoxy) is 1. The van der Waals surface area contributed by atoms with Gasteiger partial charge in [-0.05, 0) is 30.2 Å². The number of carbonyl (C=O) groups is 1. The van der Waals surface area contributed by atoms with E-state index in [0.29, 0.717) is 25.6 Å². The van der Waals surface area contributed by atoms with Crippen molar-refractivity contribution in [1.82, 2.24) is 25.2 Å². The number of hydrogen-bond acceptors (Lipinski definition) is 5. The molecule has 0 aliphatic carbocycles. The number of urea groups is 1. The minimum absolute atomic E-state index is 0.0153. The van der Waals surface area contributed by atoms with Crippen molar-refractivity contribution in [3.05, 3.63) is 48.5 Å². The average Bonchev–Trinajstić information content (AvgIpc) is 2.64. The first-order chi connectivity index (χ1) is 11.8. The molecule has 7 nitrogen and oxygen atoms in total. The van der Waals surface area contributed by atoms with Gasteiger partial charge in [-0.25, -0.2) is 14.8 Å². The summed E-state index contributed by atoms with van der Waals surface area (Å²) in [4.78, 5) is 26.1. The van der Waals surface area contributed by atoms with Gasteiger partial charge in [-0.15, -0.1) is 0 Å². The van der Waals surface area contributed by atoms with E-state index in [1.807, 2.05) is 17.0 Å². The summed E-state index contributed by atoms with van der Waals surface area (Å²) in [6.45, 7) is 1.98. The fourth-order valence-corrected chi connectivity index (χ4v) is 2.65. The third-order valence-electron chi connectivity index (χ3n) is 3.98. The number of likely N-dealkylation sites (tertiary alicyclic amines) is 1. The molecule has 24 heavy (non-hydrogen) atoms. The molecule has 0 unspecified atom stereocenters. The quantitative estimate of drug-likeness (QED) is 0.903. The zero-order chi connectivity index (χ0) is 16.6. The van der Waals surface area contributed by atoms with Crippen molar-refractivity contribution in [2.24, 2.45) is 0 Å². The monoisotopic (exact) mass is 327 g/mol. The van der Waals surface area contributed by atoms with Gasteiger partial charge in [0.1, 0.15) is 6.10 Å². The van der Waals surface area contributed by atoms with E-state index in [0.717, 1.165) is 19.3 Å². The van der Waals surface area contributed by atoms with Crippen LogP contribution in [-0.2, 0) is 6.42 Å². The van der Waals surface area contributed by atoms with Crippen LogP contribution in [0.4, 0.5) is 4.79 Å². The van der Waals surface area contributed by atoms with Crippen molar-refractivity contribution in [1.29, 1.82) is 0 Å². The number of rotatable bonds is 5. The molecule has 2 amide bonds. The Morgan fingerprint density at radius 1 is 1.17 bits per heavy atom. The van der Waals surface area contributed by atoms with Crippen LogP contribution in [-0.4, -0.2) is 51.6 Å². The van der Waals surface area contributed by atoms with Crippen molar-refractivity contribution in [2.75, 3.05) is 19.6 Å². The van der Waals surface area contributed by atoms with Crippen molar-refractivity contribution >= 4 is 6.03 Å². The molecule has 1 N–H and O–H groups in total. The molecule has 126 valence electrons. The van der Waals surface area contributed by atoms with E-state index in [1.54, 1.807) is 30.9 Å². The van der Waals surface area contributed by atoms with Crippen LogP contribution in [0.2, 0.25) is 0 Å². The summed E-state index contributed by atoms with van der Waals surface area (Å²) in [6, 6.07) is 6.06. The highest BCUT2D eigenvalue weighted by Crippen LogP contribution is 2.15. The van der Waals surface area contributed by atoms with Gasteiger partial charge < -0.3 is 15.0 Å². The predicted octanol–water partition coefficient (Wildman–Crippen LogP) is 1.67. The zero-order valence-electron chi connectivity index (χ0n) is 13.5. The van der Waals surface area contributed by atoms with Gasteiger partial charge in [-0.1, -0.05) is 0 Å². The standard InChI is InChI=1S/C17H21N5O2/c23-17(21-11-4-14-2-9-18-10-3-14)22-12-5-15(6-13-22)24-16-19-7-1-8-20-16/h1-3,7-10,15H,4-6,11-13H2,(H,21,23). The van der Waals surface area contributed by atoms with Gasteiger partial charge >= 0.3 is 12.0 Å². The molecule has 0 saturated carbocycles. The number of carbonyl (C=O) groups excluding carboxylic acids is 1. The average molecular weight is 327 g/mol. The van der Waals surface area contributed by atoms with Crippen LogP contribution >= 0.6 is 0 Å². The Kier molecular flexibility index (Phi) is 5.55. The van der Waals surface area contributed by atoms with Crippen LogP contribution in [0.5, 0.6) is 6.01 Å². The molecule has 1 aliphatic heterocycles. The van der Waals surface area contributed by atoms with Crippen molar-refractivity contribution in [3.8, 4) is 6.01 Å². The molecule has 3 rings (SSSR count). The lowest BCUT2D eigenvalue weighted by Crippen LogP contribution is -2.47. The zero-order valence-corrected chi connectivity index (χ0v) is 13.5. The molecule has 1 fully saturated rings. The first kappa shape index (κ1) is 16.2. The van der Waals surface area contributed by atoms with Gasteiger partial charge in [0.05, 0.1) is 0 Å². The lowest BCUT2D eigenvalue weighted by atomic mass is 10.1. The van der Waals surface area contributed by atoms with E-state index in [-0.39, 0.29) is 12.1 Å². The van der Waals surface area contributed by atoms with Crippen molar-refractivity contribution in [2.45, 2.75) is 25.4 Å². The molecule has 0 aromatic carbocycles. The highest BCUT2D eigenvalue weighted by atomic mass is 16.5. The fraction of sp³-hybridized carbons (Fsp3) is 0.412. The number of aromatic nitrogens is 3. The SMILES string of the molecule is O=C(NCCc1ccncc1)N1CCC(Oc2ncccn2)CC1. The Balaban J connectivity index is 1.37. The Hall–Kier alpha value is -2.70. The third-order valence-corrected chi connectivity index (χ3v) is 3.98. The van der Waals surface area contributed by atoms with Crippen molar-refractivity contribution < 1.29 is 9.53 Å². The second-order valence-electron chi connectivity index (χ2n) is 5.67. The van der Waals surface area contributed by atoms with E-state index in [1.165, 1.54) is 5.56 Å². The van der Waals surface area contributed by atoms with Crippen LogP contribution in [0, 0.1) is 0 Å². The molecule has 7 heteroatoms. The maximum atomic E-state index is 12.2. The molecule has 0 bridgehead atoms. The molecular formula is C17H21N5O2. The Labute approximate surface area is 141 Å². The third kappa shape index (κ3) is 4.65. The van der Waals surface area contributed by atoms with E-state index in [4.69, 9.17) is 4.74 Å². The molecule has 2 aromatic heterocycles. The summed E-state index contributed by atoms with van der Waals surface area (Å²) in [6.07, 6.45) is 9.29. The maximum Gasteiger partial charge on any atom is 0.317 e. The molecule has 0 spiro atoms. The van der Waals surface area contributed by atoms with Crippen molar-refractivity contribution in [3.63, 3.8) is 0 Å². The molecule has 0 radical (unpaired) electrons. The van der Waals surface area contributed by atoms with Gasteiger partial charge in [-0.2, -0.15) is 0 Å². The Bertz CT molecular complexity index is 630. The second-order valence-corrected chi connectivity index (χ2v) is 5.67. The number of piperidine rings is 1. The highest BCUT2D eigenvalue weighted by Gasteiger charge is 2.24. The number of hydrogen-bond donors (Lipinski definition) is 1. The summed E-state index contributed by atoms with van der Waals surface area (Å²) in [5, 5.41) is 2.97. The molecule has 1 aliphatic rings. The maximum absolute atomic E-state index is 12.2. The van der Waals surface area contributed by atoms with Crippen LogP contribution in [0.3, 0.4) is 0 Å². The van der Waals surface area contributed by atoms with Crippen LogP contribution in [0.25, 0.3) is 0 Å². The van der Waals surface area contributed by atoms with Gasteiger partial charge in [0.15, 0.2) is 0 Å². The summed E-state index contributed by atoms with van der Waals surface area (Å²) in [5.41, 5.74) is 1.17. The number of pyridine rings is 1. The lowest BCUT2D eigenvalue weighted by Gasteiger charge is -2.31. The highest BCUT2D eigenvalue weighted by molar-refractivity contribution is 5.74. The number of amides is 2. The fourth-order valence-electron chi connectivity index (χ4n) is 2.65. The van der Waals surface area contributed by atoms with Crippen LogP contribution in [0.15, 0.2) is 43.0 Å². The van der Waals surface area contributed by atoms with Gasteiger partial charge in [0.2, 0.25) is 0 Å². The predicted molar refractivity (Wildman–Crippen MR) is 88.6 cm³/mol. The Morgan fingerprint density at radius 3 is 2.58 bits per heavy atom. The van der Waals surface area contributed by atoms with Gasteiger partial charge in [0.25, 0.3) is 0 Å². The summed E-state index contributed by atoms with van der Waals surface area (Å²) in [7, 11) is 0. The number of nitrogens with zero attached hydrogens (tertiary/aromatic N) is 4. The molecule has 1 saturated heterocycles. The molecular weight excluding hydrogens is 306 g/mol. The van der Waals surface area contributed by atoms with E-state index in [9.17, 15) is 4.79 Å². The topological polar surface area (TPSA) is 80.2 Å². The number of nitrogens with one attached hydrogen (secondary N) is 1. The van der Waals surface area contributed by atoms with E-state index in [2.05, 4.69) is 20.3 Å². The smallest absolute Gasteiger partial charge is 0.317 e. The minimum atomic E-state index is -0.0153.